The Balaban J connectivity index is 2.47. The molecule has 1 heterocycles. The smallest absolute Gasteiger partial charge is 0.304 e. The Morgan fingerprint density at radius 2 is 1.88 bits per heavy atom. The molecule has 0 aromatic carbocycles. The third-order valence-electron chi connectivity index (χ3n) is 4.15. The molecule has 17 heavy (non-hydrogen) atoms. The molecule has 0 spiro atoms. The molecule has 1 atom stereocenters. The van der Waals surface area contributed by atoms with Crippen LogP contribution in [-0.2, 0) is 4.79 Å². The third-order valence-corrected chi connectivity index (χ3v) is 4.15. The van der Waals surface area contributed by atoms with Crippen molar-refractivity contribution in [3.8, 4) is 0 Å². The predicted molar refractivity (Wildman–Crippen MR) is 70.1 cm³/mol. The van der Waals surface area contributed by atoms with E-state index in [1.807, 2.05) is 0 Å². The van der Waals surface area contributed by atoms with Crippen molar-refractivity contribution in [2.24, 2.45) is 11.3 Å². The van der Waals surface area contributed by atoms with Crippen LogP contribution in [0.4, 0.5) is 0 Å². The van der Waals surface area contributed by atoms with Crippen molar-refractivity contribution in [3.63, 3.8) is 0 Å². The molecule has 1 aliphatic heterocycles. The van der Waals surface area contributed by atoms with Crippen LogP contribution in [0.5, 0.6) is 0 Å². The molecule has 0 amide bonds. The van der Waals surface area contributed by atoms with Crippen molar-refractivity contribution in [1.29, 1.82) is 0 Å². The number of carboxylic acid groups (broad SMARTS) is 1. The summed E-state index contributed by atoms with van der Waals surface area (Å²) >= 11 is 0. The van der Waals surface area contributed by atoms with Crippen LogP contribution in [0.3, 0.4) is 0 Å². The number of piperidine rings is 1. The van der Waals surface area contributed by atoms with Crippen molar-refractivity contribution in [2.75, 3.05) is 13.1 Å². The van der Waals surface area contributed by atoms with Gasteiger partial charge in [-0.05, 0) is 43.7 Å². The zero-order valence-electron chi connectivity index (χ0n) is 11.7. The zero-order valence-corrected chi connectivity index (χ0v) is 11.7. The van der Waals surface area contributed by atoms with Gasteiger partial charge in [-0.1, -0.05) is 27.7 Å². The highest BCUT2D eigenvalue weighted by Gasteiger charge is 2.31. The average Bonchev–Trinajstić information content (AvgIpc) is 2.24. The van der Waals surface area contributed by atoms with Crippen LogP contribution in [0, 0.1) is 11.3 Å². The van der Waals surface area contributed by atoms with Crippen molar-refractivity contribution in [2.45, 2.75) is 59.4 Å². The second-order valence-corrected chi connectivity index (χ2v) is 6.34. The highest BCUT2D eigenvalue weighted by atomic mass is 16.4. The number of hydrogen-bond acceptors (Lipinski definition) is 2. The van der Waals surface area contributed by atoms with Gasteiger partial charge in [0.15, 0.2) is 0 Å². The SMILES string of the molecule is CCC(CC(=O)O)N1CCC(C(C)(C)C)CC1. The van der Waals surface area contributed by atoms with Crippen LogP contribution in [0.2, 0.25) is 0 Å². The lowest BCUT2D eigenvalue weighted by Crippen LogP contribution is -2.44. The van der Waals surface area contributed by atoms with Crippen molar-refractivity contribution in [1.82, 2.24) is 4.90 Å². The molecule has 100 valence electrons. The molecule has 0 radical (unpaired) electrons. The minimum absolute atomic E-state index is 0.230. The zero-order chi connectivity index (χ0) is 13.1. The molecule has 0 saturated carbocycles. The molecular weight excluding hydrogens is 214 g/mol. The standard InChI is InChI=1S/C14H27NO2/c1-5-12(10-13(16)17)15-8-6-11(7-9-15)14(2,3)4/h11-12H,5-10H2,1-4H3,(H,16,17). The highest BCUT2D eigenvalue weighted by Crippen LogP contribution is 2.35. The summed E-state index contributed by atoms with van der Waals surface area (Å²) in [5.41, 5.74) is 0.389. The van der Waals surface area contributed by atoms with E-state index in [4.69, 9.17) is 5.11 Å². The Hall–Kier alpha value is -0.570. The van der Waals surface area contributed by atoms with Gasteiger partial charge in [0.2, 0.25) is 0 Å². The first-order valence-electron chi connectivity index (χ1n) is 6.80. The molecular formula is C14H27NO2. The normalized spacial score (nSPS) is 21.4. The maximum absolute atomic E-state index is 10.8. The van der Waals surface area contributed by atoms with Gasteiger partial charge in [0.1, 0.15) is 0 Å². The maximum atomic E-state index is 10.8. The first-order valence-corrected chi connectivity index (χ1v) is 6.80. The van der Waals surface area contributed by atoms with E-state index in [2.05, 4.69) is 32.6 Å². The number of carboxylic acids is 1. The summed E-state index contributed by atoms with van der Waals surface area (Å²) in [6.07, 6.45) is 3.64. The molecule has 1 unspecified atom stereocenters. The summed E-state index contributed by atoms with van der Waals surface area (Å²) in [5, 5.41) is 8.90. The van der Waals surface area contributed by atoms with Crippen molar-refractivity contribution < 1.29 is 9.90 Å². The van der Waals surface area contributed by atoms with Crippen molar-refractivity contribution in [3.05, 3.63) is 0 Å². The number of nitrogens with zero attached hydrogens (tertiary/aromatic N) is 1. The lowest BCUT2D eigenvalue weighted by atomic mass is 9.75. The molecule has 0 aliphatic carbocycles. The van der Waals surface area contributed by atoms with E-state index in [1.165, 1.54) is 12.8 Å². The van der Waals surface area contributed by atoms with E-state index in [0.717, 1.165) is 25.4 Å². The second kappa shape index (κ2) is 5.85. The molecule has 0 aromatic heterocycles. The van der Waals surface area contributed by atoms with Crippen LogP contribution in [-0.4, -0.2) is 35.1 Å². The van der Waals surface area contributed by atoms with E-state index in [-0.39, 0.29) is 12.5 Å². The van der Waals surface area contributed by atoms with Crippen LogP contribution < -0.4 is 0 Å². The fourth-order valence-corrected chi connectivity index (χ4v) is 2.86. The van der Waals surface area contributed by atoms with E-state index in [1.54, 1.807) is 0 Å². The first-order chi connectivity index (χ1) is 7.84. The number of aliphatic carboxylic acids is 1. The number of rotatable bonds is 4. The summed E-state index contributed by atoms with van der Waals surface area (Å²) < 4.78 is 0. The Morgan fingerprint density at radius 1 is 1.35 bits per heavy atom. The molecule has 1 N–H and O–H groups in total. The maximum Gasteiger partial charge on any atom is 0.304 e. The molecule has 1 saturated heterocycles. The largest absolute Gasteiger partial charge is 0.481 e. The Kier molecular flexibility index (Phi) is 4.99. The lowest BCUT2D eigenvalue weighted by Gasteiger charge is -2.41. The lowest BCUT2D eigenvalue weighted by molar-refractivity contribution is -0.138. The number of likely N-dealkylation sites (tertiary alicyclic amines) is 1. The van der Waals surface area contributed by atoms with Crippen LogP contribution in [0.25, 0.3) is 0 Å². The summed E-state index contributed by atoms with van der Waals surface area (Å²) in [6, 6.07) is 0.230. The van der Waals surface area contributed by atoms with Gasteiger partial charge in [-0.3, -0.25) is 9.69 Å². The van der Waals surface area contributed by atoms with Gasteiger partial charge in [-0.2, -0.15) is 0 Å². The van der Waals surface area contributed by atoms with Crippen molar-refractivity contribution >= 4 is 5.97 Å². The van der Waals surface area contributed by atoms with Gasteiger partial charge in [0.25, 0.3) is 0 Å². The second-order valence-electron chi connectivity index (χ2n) is 6.34. The molecule has 3 heteroatoms. The van der Waals surface area contributed by atoms with Gasteiger partial charge in [0.05, 0.1) is 6.42 Å². The number of hydrogen-bond donors (Lipinski definition) is 1. The summed E-state index contributed by atoms with van der Waals surface area (Å²) in [5.74, 6) is 0.107. The Bertz CT molecular complexity index is 249. The fourth-order valence-electron chi connectivity index (χ4n) is 2.86. The minimum Gasteiger partial charge on any atom is -0.481 e. The summed E-state index contributed by atoms with van der Waals surface area (Å²) in [7, 11) is 0. The first kappa shape index (κ1) is 14.5. The average molecular weight is 241 g/mol. The molecule has 1 fully saturated rings. The minimum atomic E-state index is -0.671. The van der Waals surface area contributed by atoms with Crippen LogP contribution in [0.15, 0.2) is 0 Å². The van der Waals surface area contributed by atoms with E-state index in [9.17, 15) is 4.79 Å². The summed E-state index contributed by atoms with van der Waals surface area (Å²) in [4.78, 5) is 13.2. The van der Waals surface area contributed by atoms with Gasteiger partial charge < -0.3 is 5.11 Å². The monoisotopic (exact) mass is 241 g/mol. The predicted octanol–water partition coefficient (Wildman–Crippen LogP) is 3.00. The Morgan fingerprint density at radius 3 is 2.24 bits per heavy atom. The van der Waals surface area contributed by atoms with Gasteiger partial charge in [-0.15, -0.1) is 0 Å². The van der Waals surface area contributed by atoms with Gasteiger partial charge in [0, 0.05) is 6.04 Å². The number of carbonyl (C=O) groups is 1. The van der Waals surface area contributed by atoms with E-state index < -0.39 is 5.97 Å². The molecule has 0 bridgehead atoms. The summed E-state index contributed by atoms with van der Waals surface area (Å²) in [6.45, 7) is 11.1. The molecule has 0 aromatic rings. The third kappa shape index (κ3) is 4.30. The fraction of sp³-hybridized carbons (Fsp3) is 0.929. The van der Waals surface area contributed by atoms with Gasteiger partial charge in [-0.25, -0.2) is 0 Å². The topological polar surface area (TPSA) is 40.5 Å². The van der Waals surface area contributed by atoms with Crippen LogP contribution in [0.1, 0.15) is 53.4 Å². The quantitative estimate of drug-likeness (QED) is 0.822. The Labute approximate surface area is 105 Å². The molecule has 3 nitrogen and oxygen atoms in total. The van der Waals surface area contributed by atoms with Gasteiger partial charge >= 0.3 is 5.97 Å². The van der Waals surface area contributed by atoms with E-state index in [0.29, 0.717) is 5.41 Å². The highest BCUT2D eigenvalue weighted by molar-refractivity contribution is 5.67. The molecule has 1 aliphatic rings. The molecule has 1 rings (SSSR count). The van der Waals surface area contributed by atoms with E-state index >= 15 is 0 Å². The van der Waals surface area contributed by atoms with Crippen LogP contribution >= 0.6 is 0 Å².